The maximum absolute atomic E-state index is 5.29. The zero-order valence-electron chi connectivity index (χ0n) is 10.9. The Labute approximate surface area is 111 Å². The SMILES string of the molecule is CCOc1nc(NC)nc(NCc2ccncc2)n1. The molecule has 0 unspecified atom stereocenters. The van der Waals surface area contributed by atoms with Gasteiger partial charge >= 0.3 is 6.01 Å². The fourth-order valence-corrected chi connectivity index (χ4v) is 1.42. The average molecular weight is 260 g/mol. The van der Waals surface area contributed by atoms with Crippen molar-refractivity contribution in [2.75, 3.05) is 24.3 Å². The van der Waals surface area contributed by atoms with E-state index in [0.717, 1.165) is 5.56 Å². The van der Waals surface area contributed by atoms with E-state index in [9.17, 15) is 0 Å². The highest BCUT2D eigenvalue weighted by molar-refractivity contribution is 5.36. The van der Waals surface area contributed by atoms with Crippen molar-refractivity contribution >= 4 is 11.9 Å². The van der Waals surface area contributed by atoms with Gasteiger partial charge in [-0.15, -0.1) is 0 Å². The number of hydrogen-bond donors (Lipinski definition) is 2. The van der Waals surface area contributed by atoms with E-state index >= 15 is 0 Å². The van der Waals surface area contributed by atoms with Gasteiger partial charge < -0.3 is 15.4 Å². The molecule has 2 aromatic rings. The second kappa shape index (κ2) is 6.48. The highest BCUT2D eigenvalue weighted by Gasteiger charge is 2.05. The van der Waals surface area contributed by atoms with Crippen LogP contribution >= 0.6 is 0 Å². The van der Waals surface area contributed by atoms with Crippen molar-refractivity contribution in [1.82, 2.24) is 19.9 Å². The lowest BCUT2D eigenvalue weighted by atomic mass is 10.3. The van der Waals surface area contributed by atoms with Gasteiger partial charge in [-0.1, -0.05) is 0 Å². The molecule has 0 bridgehead atoms. The molecular formula is C12H16N6O. The van der Waals surface area contributed by atoms with Crippen molar-refractivity contribution < 1.29 is 4.74 Å². The number of ether oxygens (including phenoxy) is 1. The van der Waals surface area contributed by atoms with Crippen LogP contribution in [0.3, 0.4) is 0 Å². The maximum atomic E-state index is 5.29. The molecule has 2 rings (SSSR count). The Balaban J connectivity index is 2.08. The predicted molar refractivity (Wildman–Crippen MR) is 72.1 cm³/mol. The second-order valence-corrected chi connectivity index (χ2v) is 3.66. The number of pyridine rings is 1. The van der Waals surface area contributed by atoms with Gasteiger partial charge in [0, 0.05) is 26.0 Å². The standard InChI is InChI=1S/C12H16N6O/c1-3-19-12-17-10(13-2)16-11(18-12)15-8-9-4-6-14-7-5-9/h4-7H,3,8H2,1-2H3,(H2,13,15,16,17,18). The van der Waals surface area contributed by atoms with Gasteiger partial charge in [0.2, 0.25) is 11.9 Å². The Kier molecular flexibility index (Phi) is 4.44. The van der Waals surface area contributed by atoms with E-state index in [2.05, 4.69) is 30.6 Å². The summed E-state index contributed by atoms with van der Waals surface area (Å²) in [5, 5.41) is 6.00. The number of nitrogens with one attached hydrogen (secondary N) is 2. The molecule has 0 aromatic carbocycles. The number of anilines is 2. The summed E-state index contributed by atoms with van der Waals surface area (Å²) in [5.74, 6) is 0.940. The minimum Gasteiger partial charge on any atom is -0.464 e. The summed E-state index contributed by atoms with van der Waals surface area (Å²) < 4.78 is 5.29. The maximum Gasteiger partial charge on any atom is 0.323 e. The summed E-state index contributed by atoms with van der Waals surface area (Å²) in [7, 11) is 1.75. The molecule has 0 saturated heterocycles. The molecule has 7 heteroatoms. The topological polar surface area (TPSA) is 84.9 Å². The van der Waals surface area contributed by atoms with Gasteiger partial charge in [0.1, 0.15) is 0 Å². The molecule has 0 aliphatic rings. The van der Waals surface area contributed by atoms with Crippen molar-refractivity contribution in [3.8, 4) is 6.01 Å². The summed E-state index contributed by atoms with van der Waals surface area (Å²) in [6.45, 7) is 3.01. The van der Waals surface area contributed by atoms with E-state index in [4.69, 9.17) is 4.74 Å². The molecule has 0 aliphatic carbocycles. The number of hydrogen-bond acceptors (Lipinski definition) is 7. The lowest BCUT2D eigenvalue weighted by Gasteiger charge is -2.08. The van der Waals surface area contributed by atoms with Crippen LogP contribution in [0.1, 0.15) is 12.5 Å². The molecular weight excluding hydrogens is 244 g/mol. The molecule has 2 heterocycles. The largest absolute Gasteiger partial charge is 0.464 e. The molecule has 2 aromatic heterocycles. The van der Waals surface area contributed by atoms with E-state index < -0.39 is 0 Å². The molecule has 0 fully saturated rings. The summed E-state index contributed by atoms with van der Waals surface area (Å²) in [4.78, 5) is 16.4. The molecule has 7 nitrogen and oxygen atoms in total. The Morgan fingerprint density at radius 3 is 2.53 bits per heavy atom. The molecule has 2 N–H and O–H groups in total. The predicted octanol–water partition coefficient (Wildman–Crippen LogP) is 1.32. The summed E-state index contributed by atoms with van der Waals surface area (Å²) in [6.07, 6.45) is 3.49. The lowest BCUT2D eigenvalue weighted by Crippen LogP contribution is -2.09. The first-order chi connectivity index (χ1) is 9.31. The molecule has 0 radical (unpaired) electrons. The fourth-order valence-electron chi connectivity index (χ4n) is 1.42. The fraction of sp³-hybridized carbons (Fsp3) is 0.333. The minimum atomic E-state index is 0.305. The van der Waals surface area contributed by atoms with Gasteiger partial charge in [0.15, 0.2) is 0 Å². The van der Waals surface area contributed by atoms with E-state index in [1.807, 2.05) is 19.1 Å². The summed E-state index contributed by atoms with van der Waals surface area (Å²) in [5.41, 5.74) is 1.10. The molecule has 0 spiro atoms. The Bertz CT molecular complexity index is 519. The second-order valence-electron chi connectivity index (χ2n) is 3.66. The zero-order valence-corrected chi connectivity index (χ0v) is 10.9. The van der Waals surface area contributed by atoms with E-state index in [1.165, 1.54) is 0 Å². The number of aromatic nitrogens is 4. The van der Waals surface area contributed by atoms with Gasteiger partial charge in [-0.25, -0.2) is 0 Å². The average Bonchev–Trinajstić information content (AvgIpc) is 2.46. The van der Waals surface area contributed by atoms with Crippen molar-refractivity contribution in [2.24, 2.45) is 0 Å². The van der Waals surface area contributed by atoms with Crippen molar-refractivity contribution in [2.45, 2.75) is 13.5 Å². The monoisotopic (exact) mass is 260 g/mol. The van der Waals surface area contributed by atoms with Crippen LogP contribution in [-0.4, -0.2) is 33.6 Å². The Hall–Kier alpha value is -2.44. The minimum absolute atomic E-state index is 0.305. The molecule has 19 heavy (non-hydrogen) atoms. The van der Waals surface area contributed by atoms with Gasteiger partial charge in [0.05, 0.1) is 6.61 Å². The van der Waals surface area contributed by atoms with E-state index in [1.54, 1.807) is 19.4 Å². The summed E-state index contributed by atoms with van der Waals surface area (Å²) in [6, 6.07) is 4.16. The molecule has 0 saturated carbocycles. The molecule has 100 valence electrons. The third-order valence-corrected chi connectivity index (χ3v) is 2.31. The van der Waals surface area contributed by atoms with Crippen LogP contribution in [0.25, 0.3) is 0 Å². The van der Waals surface area contributed by atoms with Gasteiger partial charge in [-0.05, 0) is 24.6 Å². The molecule has 0 atom stereocenters. The lowest BCUT2D eigenvalue weighted by molar-refractivity contribution is 0.312. The van der Waals surface area contributed by atoms with Crippen LogP contribution in [-0.2, 0) is 6.54 Å². The first-order valence-corrected chi connectivity index (χ1v) is 6.01. The van der Waals surface area contributed by atoms with Gasteiger partial charge in [-0.3, -0.25) is 4.98 Å². The highest BCUT2D eigenvalue weighted by atomic mass is 16.5. The molecule has 0 amide bonds. The highest BCUT2D eigenvalue weighted by Crippen LogP contribution is 2.11. The third kappa shape index (κ3) is 3.77. The smallest absolute Gasteiger partial charge is 0.323 e. The van der Waals surface area contributed by atoms with E-state index in [-0.39, 0.29) is 0 Å². The van der Waals surface area contributed by atoms with Crippen LogP contribution < -0.4 is 15.4 Å². The zero-order chi connectivity index (χ0) is 13.5. The van der Waals surface area contributed by atoms with Crippen LogP contribution in [0.2, 0.25) is 0 Å². The first kappa shape index (κ1) is 13.0. The first-order valence-electron chi connectivity index (χ1n) is 6.01. The van der Waals surface area contributed by atoms with Crippen molar-refractivity contribution in [1.29, 1.82) is 0 Å². The van der Waals surface area contributed by atoms with Crippen LogP contribution in [0.5, 0.6) is 6.01 Å². The third-order valence-electron chi connectivity index (χ3n) is 2.31. The summed E-state index contributed by atoms with van der Waals surface area (Å²) >= 11 is 0. The Morgan fingerprint density at radius 2 is 1.84 bits per heavy atom. The van der Waals surface area contributed by atoms with E-state index in [0.29, 0.717) is 31.1 Å². The normalized spacial score (nSPS) is 10.0. The number of nitrogens with zero attached hydrogens (tertiary/aromatic N) is 4. The van der Waals surface area contributed by atoms with Crippen LogP contribution in [0, 0.1) is 0 Å². The van der Waals surface area contributed by atoms with Crippen molar-refractivity contribution in [3.63, 3.8) is 0 Å². The number of rotatable bonds is 6. The van der Waals surface area contributed by atoms with Gasteiger partial charge in [0.25, 0.3) is 0 Å². The van der Waals surface area contributed by atoms with Gasteiger partial charge in [-0.2, -0.15) is 15.0 Å². The van der Waals surface area contributed by atoms with Crippen LogP contribution in [0.4, 0.5) is 11.9 Å². The quantitative estimate of drug-likeness (QED) is 0.810. The Morgan fingerprint density at radius 1 is 1.11 bits per heavy atom. The molecule has 0 aliphatic heterocycles. The van der Waals surface area contributed by atoms with Crippen LogP contribution in [0.15, 0.2) is 24.5 Å². The van der Waals surface area contributed by atoms with Crippen molar-refractivity contribution in [3.05, 3.63) is 30.1 Å².